The van der Waals surface area contributed by atoms with E-state index in [9.17, 15) is 4.79 Å². The average molecular weight is 455 g/mol. The van der Waals surface area contributed by atoms with Crippen molar-refractivity contribution in [1.82, 2.24) is 15.3 Å². The molecule has 0 aliphatic carbocycles. The van der Waals surface area contributed by atoms with Gasteiger partial charge in [0.25, 0.3) is 5.91 Å². The van der Waals surface area contributed by atoms with E-state index in [1.54, 1.807) is 42.8 Å². The fourth-order valence-corrected chi connectivity index (χ4v) is 3.93. The largest absolute Gasteiger partial charge is 0.480 e. The van der Waals surface area contributed by atoms with E-state index in [0.717, 1.165) is 16.3 Å². The predicted octanol–water partition coefficient (Wildman–Crippen LogP) is 4.68. The van der Waals surface area contributed by atoms with Crippen molar-refractivity contribution < 1.29 is 9.53 Å². The van der Waals surface area contributed by atoms with Crippen molar-refractivity contribution in [2.24, 2.45) is 0 Å². The first-order valence-electron chi connectivity index (χ1n) is 8.00. The third-order valence-electron chi connectivity index (χ3n) is 3.71. The van der Waals surface area contributed by atoms with Crippen molar-refractivity contribution in [3.8, 4) is 16.3 Å². The van der Waals surface area contributed by atoms with Gasteiger partial charge in [-0.3, -0.25) is 4.79 Å². The van der Waals surface area contributed by atoms with Gasteiger partial charge in [0.2, 0.25) is 0 Å². The number of nitrogens with one attached hydrogen (secondary N) is 2. The van der Waals surface area contributed by atoms with E-state index in [-0.39, 0.29) is 5.91 Å². The van der Waals surface area contributed by atoms with Crippen LogP contribution in [0.4, 0.5) is 0 Å². The zero-order valence-electron chi connectivity index (χ0n) is 14.0. The summed E-state index contributed by atoms with van der Waals surface area (Å²) < 4.78 is 6.41. The summed E-state index contributed by atoms with van der Waals surface area (Å²) in [7, 11) is 0. The quantitative estimate of drug-likeness (QED) is 0.545. The smallest absolute Gasteiger partial charge is 0.260 e. The summed E-state index contributed by atoms with van der Waals surface area (Å²) in [5.74, 6) is 0.398. The number of benzene rings is 1. The van der Waals surface area contributed by atoms with Crippen LogP contribution in [0.2, 0.25) is 5.02 Å². The highest BCUT2D eigenvalue weighted by atomic mass is 79.9. The van der Waals surface area contributed by atoms with E-state index in [4.69, 9.17) is 16.3 Å². The molecule has 0 spiro atoms. The number of halogens is 2. The van der Waals surface area contributed by atoms with Gasteiger partial charge in [0.05, 0.1) is 15.7 Å². The molecule has 0 radical (unpaired) electrons. The van der Waals surface area contributed by atoms with Crippen LogP contribution < -0.4 is 10.1 Å². The second kappa shape index (κ2) is 8.70. The monoisotopic (exact) mass is 453 g/mol. The molecular formula is C18H17BrClN3O2S. The lowest BCUT2D eigenvalue weighted by atomic mass is 10.2. The van der Waals surface area contributed by atoms with Crippen molar-refractivity contribution >= 4 is 44.8 Å². The maximum atomic E-state index is 12.3. The number of rotatable bonds is 7. The van der Waals surface area contributed by atoms with E-state index in [2.05, 4.69) is 31.2 Å². The van der Waals surface area contributed by atoms with Gasteiger partial charge in [-0.05, 0) is 52.5 Å². The molecule has 136 valence electrons. The number of aromatic amines is 1. The number of hydrogen-bond acceptors (Lipinski definition) is 4. The Bertz CT molecular complexity index is 882. The number of imidazole rings is 1. The normalized spacial score (nSPS) is 12.0. The molecule has 1 atom stereocenters. The minimum absolute atomic E-state index is 0.177. The number of aromatic nitrogens is 2. The summed E-state index contributed by atoms with van der Waals surface area (Å²) >= 11 is 10.9. The number of hydrogen-bond donors (Lipinski definition) is 2. The maximum absolute atomic E-state index is 12.3. The summed E-state index contributed by atoms with van der Waals surface area (Å²) in [5.41, 5.74) is 1.94. The zero-order chi connectivity index (χ0) is 18.5. The highest BCUT2D eigenvalue weighted by Crippen LogP contribution is 2.29. The molecular weight excluding hydrogens is 438 g/mol. The van der Waals surface area contributed by atoms with Crippen LogP contribution in [0, 0.1) is 0 Å². The minimum Gasteiger partial charge on any atom is -0.480 e. The van der Waals surface area contributed by atoms with E-state index in [0.29, 0.717) is 28.2 Å². The van der Waals surface area contributed by atoms with Gasteiger partial charge < -0.3 is 15.0 Å². The van der Waals surface area contributed by atoms with Gasteiger partial charge >= 0.3 is 0 Å². The highest BCUT2D eigenvalue weighted by Gasteiger charge is 2.16. The topological polar surface area (TPSA) is 67.0 Å². The first kappa shape index (κ1) is 18.9. The third kappa shape index (κ3) is 4.66. The number of nitrogens with zero attached hydrogens (tertiary/aromatic N) is 1. The van der Waals surface area contributed by atoms with Crippen molar-refractivity contribution in [1.29, 1.82) is 0 Å². The van der Waals surface area contributed by atoms with Crippen LogP contribution in [0.25, 0.3) is 10.6 Å². The molecule has 0 saturated heterocycles. The summed E-state index contributed by atoms with van der Waals surface area (Å²) in [5, 5.41) is 5.51. The molecule has 1 aromatic carbocycles. The maximum Gasteiger partial charge on any atom is 0.260 e. The molecule has 2 N–H and O–H groups in total. The van der Waals surface area contributed by atoms with Crippen molar-refractivity contribution in [3.05, 3.63) is 57.2 Å². The summed E-state index contributed by atoms with van der Waals surface area (Å²) in [4.78, 5) is 20.9. The van der Waals surface area contributed by atoms with Gasteiger partial charge in [-0.1, -0.05) is 17.7 Å². The van der Waals surface area contributed by atoms with Gasteiger partial charge in [0, 0.05) is 23.7 Å². The van der Waals surface area contributed by atoms with Crippen LogP contribution >= 0.6 is 38.9 Å². The molecule has 3 aromatic rings. The highest BCUT2D eigenvalue weighted by molar-refractivity contribution is 9.10. The van der Waals surface area contributed by atoms with Crippen LogP contribution in [0.5, 0.6) is 5.75 Å². The standard InChI is InChI=1S/C18H17BrClN3O2S/c1-11(25-15-5-4-12(20)9-13(15)19)18(24)21-7-6-14-17(23-10-22-14)16-3-2-8-26-16/h2-5,8-11H,6-7H2,1H3,(H,21,24)(H,22,23). The molecule has 3 rings (SSSR count). The Kier molecular flexibility index (Phi) is 6.34. The second-order valence-corrected chi connectivity index (χ2v) is 7.82. The first-order valence-corrected chi connectivity index (χ1v) is 10.0. The fourth-order valence-electron chi connectivity index (χ4n) is 2.41. The molecule has 0 aliphatic rings. The third-order valence-corrected chi connectivity index (χ3v) is 5.45. The molecule has 26 heavy (non-hydrogen) atoms. The van der Waals surface area contributed by atoms with Crippen LogP contribution in [0.1, 0.15) is 12.6 Å². The lowest BCUT2D eigenvalue weighted by molar-refractivity contribution is -0.127. The van der Waals surface area contributed by atoms with Crippen LogP contribution in [-0.4, -0.2) is 28.5 Å². The molecule has 2 aromatic heterocycles. The SMILES string of the molecule is CC(Oc1ccc(Cl)cc1Br)C(=O)NCCc1[nH]cnc1-c1cccs1. The molecule has 0 aliphatic heterocycles. The molecule has 0 saturated carbocycles. The van der Waals surface area contributed by atoms with E-state index < -0.39 is 6.10 Å². The zero-order valence-corrected chi connectivity index (χ0v) is 17.1. The van der Waals surface area contributed by atoms with Gasteiger partial charge in [0.1, 0.15) is 11.4 Å². The fraction of sp³-hybridized carbons (Fsp3) is 0.222. The molecule has 1 amide bonds. The number of amides is 1. The van der Waals surface area contributed by atoms with E-state index >= 15 is 0 Å². The lowest BCUT2D eigenvalue weighted by Crippen LogP contribution is -2.37. The summed E-state index contributed by atoms with van der Waals surface area (Å²) in [6.07, 6.45) is 1.72. The Labute approximate surface area is 168 Å². The second-order valence-electron chi connectivity index (χ2n) is 5.58. The Balaban J connectivity index is 1.52. The molecule has 2 heterocycles. The van der Waals surface area contributed by atoms with Crippen molar-refractivity contribution in [2.75, 3.05) is 6.54 Å². The van der Waals surface area contributed by atoms with Crippen LogP contribution in [0.15, 0.2) is 46.5 Å². The van der Waals surface area contributed by atoms with Gasteiger partial charge in [0.15, 0.2) is 6.10 Å². The van der Waals surface area contributed by atoms with Crippen molar-refractivity contribution in [2.45, 2.75) is 19.4 Å². The first-order chi connectivity index (χ1) is 12.5. The average Bonchev–Trinajstić information content (AvgIpc) is 3.28. The molecule has 8 heteroatoms. The number of ether oxygens (including phenoxy) is 1. The number of carbonyl (C=O) groups excluding carboxylic acids is 1. The Hall–Kier alpha value is -1.83. The summed E-state index contributed by atoms with van der Waals surface area (Å²) in [6.45, 7) is 2.21. The molecule has 5 nitrogen and oxygen atoms in total. The molecule has 0 bridgehead atoms. The van der Waals surface area contributed by atoms with E-state index in [1.807, 2.05) is 17.5 Å². The minimum atomic E-state index is -0.619. The summed E-state index contributed by atoms with van der Waals surface area (Å²) in [6, 6.07) is 9.20. The molecule has 0 fully saturated rings. The molecule has 1 unspecified atom stereocenters. The van der Waals surface area contributed by atoms with E-state index in [1.165, 1.54) is 0 Å². The Morgan fingerprint density at radius 3 is 3.04 bits per heavy atom. The Morgan fingerprint density at radius 1 is 1.46 bits per heavy atom. The van der Waals surface area contributed by atoms with Gasteiger partial charge in [-0.15, -0.1) is 11.3 Å². The number of carbonyl (C=O) groups is 1. The van der Waals surface area contributed by atoms with Crippen LogP contribution in [0.3, 0.4) is 0 Å². The van der Waals surface area contributed by atoms with Gasteiger partial charge in [-0.25, -0.2) is 4.98 Å². The number of thiophene rings is 1. The lowest BCUT2D eigenvalue weighted by Gasteiger charge is -2.16. The predicted molar refractivity (Wildman–Crippen MR) is 108 cm³/mol. The van der Waals surface area contributed by atoms with Crippen molar-refractivity contribution in [3.63, 3.8) is 0 Å². The van der Waals surface area contributed by atoms with Gasteiger partial charge in [-0.2, -0.15) is 0 Å². The number of H-pyrrole nitrogens is 1. The Morgan fingerprint density at radius 2 is 2.31 bits per heavy atom. The van der Waals surface area contributed by atoms with Crippen LogP contribution in [-0.2, 0) is 11.2 Å².